The predicted molar refractivity (Wildman–Crippen MR) is 140 cm³/mol. The first-order valence-corrected chi connectivity index (χ1v) is 11.5. The van der Waals surface area contributed by atoms with Crippen LogP contribution in [0.4, 0.5) is 11.4 Å². The molecule has 2 atom stereocenters. The average molecular weight is 514 g/mol. The normalized spacial score (nSPS) is 11.4. The van der Waals surface area contributed by atoms with E-state index in [9.17, 15) is 19.5 Å². The maximum Gasteiger partial charge on any atom is 0.320 e. The number of carboxylic acid groups (broad SMARTS) is 2. The van der Waals surface area contributed by atoms with Gasteiger partial charge in [-0.3, -0.25) is 14.4 Å². The Bertz CT molecular complexity index is 1290. The van der Waals surface area contributed by atoms with E-state index in [1.807, 2.05) is 30.3 Å². The number of carboxylic acids is 2. The molecule has 4 N–H and O–H groups in total. The van der Waals surface area contributed by atoms with Crippen LogP contribution in [0.15, 0.2) is 78.9 Å². The van der Waals surface area contributed by atoms with Gasteiger partial charge in [-0.2, -0.15) is 0 Å². The highest BCUT2D eigenvalue weighted by molar-refractivity contribution is 5.79. The number of rotatable bonds is 10. The molecule has 0 saturated carbocycles. The molecule has 3 aromatic carbocycles. The fourth-order valence-corrected chi connectivity index (χ4v) is 3.28. The molecule has 0 unspecified atom stereocenters. The smallest absolute Gasteiger partial charge is 0.320 e. The molecule has 0 aliphatic carbocycles. The number of ether oxygens (including phenoxy) is 1. The molecule has 0 amide bonds. The van der Waals surface area contributed by atoms with Crippen LogP contribution in [-0.4, -0.2) is 34.2 Å². The highest BCUT2D eigenvalue weighted by atomic mass is 16.5. The summed E-state index contributed by atoms with van der Waals surface area (Å²) in [7, 11) is 0. The number of hydrogen-bond donors (Lipinski definition) is 3. The summed E-state index contributed by atoms with van der Waals surface area (Å²) in [6.45, 7) is 13.8. The third kappa shape index (κ3) is 10.3. The summed E-state index contributed by atoms with van der Waals surface area (Å²) in [5.41, 5.74) is 8.84. The van der Waals surface area contributed by atoms with Gasteiger partial charge < -0.3 is 20.7 Å². The molecule has 0 saturated heterocycles. The minimum Gasteiger partial charge on any atom is -0.481 e. The summed E-state index contributed by atoms with van der Waals surface area (Å²) in [6.07, 6.45) is 0.314. The van der Waals surface area contributed by atoms with Crippen molar-refractivity contribution < 1.29 is 29.3 Å². The Labute approximate surface area is 220 Å². The summed E-state index contributed by atoms with van der Waals surface area (Å²) in [6, 6.07) is 21.8. The largest absolute Gasteiger partial charge is 0.481 e. The van der Waals surface area contributed by atoms with Gasteiger partial charge in [0.1, 0.15) is 12.6 Å². The lowest BCUT2D eigenvalue weighted by Gasteiger charge is -2.12. The zero-order valence-corrected chi connectivity index (χ0v) is 20.5. The molecule has 0 aliphatic heterocycles. The van der Waals surface area contributed by atoms with Gasteiger partial charge in [-0.1, -0.05) is 78.9 Å². The number of carbonyl (C=O) groups is 3. The van der Waals surface area contributed by atoms with Crippen molar-refractivity contribution in [1.29, 1.82) is 0 Å². The van der Waals surface area contributed by atoms with E-state index in [0.717, 1.165) is 16.7 Å². The van der Waals surface area contributed by atoms with Crippen LogP contribution in [-0.2, 0) is 38.6 Å². The molecular weight excluding hydrogens is 486 g/mol. The van der Waals surface area contributed by atoms with Gasteiger partial charge in [0.15, 0.2) is 11.4 Å². The third-order valence-corrected chi connectivity index (χ3v) is 5.39. The van der Waals surface area contributed by atoms with Gasteiger partial charge in [0.25, 0.3) is 0 Å². The molecular formula is C29H27N3O6. The molecule has 9 heteroatoms. The molecule has 0 aliphatic rings. The second kappa shape index (κ2) is 15.2. The second-order valence-corrected chi connectivity index (χ2v) is 8.30. The van der Waals surface area contributed by atoms with E-state index in [1.165, 1.54) is 0 Å². The molecule has 38 heavy (non-hydrogen) atoms. The van der Waals surface area contributed by atoms with Crippen LogP contribution in [0.1, 0.15) is 23.1 Å². The van der Waals surface area contributed by atoms with Crippen molar-refractivity contribution in [2.24, 2.45) is 11.7 Å². The molecule has 0 heterocycles. The number of carbonyl (C=O) groups excluding carboxylic acids is 1. The number of nitrogens with two attached hydrogens (primary N) is 1. The number of aliphatic carboxylic acids is 2. The van der Waals surface area contributed by atoms with Gasteiger partial charge in [-0.05, 0) is 29.5 Å². The maximum atomic E-state index is 11.9. The van der Waals surface area contributed by atoms with Crippen molar-refractivity contribution in [1.82, 2.24) is 0 Å². The Morgan fingerprint density at radius 3 is 1.68 bits per heavy atom. The van der Waals surface area contributed by atoms with Crippen molar-refractivity contribution in [3.63, 3.8) is 0 Å². The van der Waals surface area contributed by atoms with Gasteiger partial charge in [-0.25, -0.2) is 9.69 Å². The van der Waals surface area contributed by atoms with Crippen molar-refractivity contribution in [2.45, 2.75) is 31.9 Å². The molecule has 0 bridgehead atoms. The van der Waals surface area contributed by atoms with E-state index in [4.69, 9.17) is 28.7 Å². The van der Waals surface area contributed by atoms with E-state index in [1.54, 1.807) is 48.5 Å². The summed E-state index contributed by atoms with van der Waals surface area (Å²) >= 11 is 0. The number of nitrogens with zero attached hydrogens (tertiary/aromatic N) is 2. The van der Waals surface area contributed by atoms with Crippen molar-refractivity contribution in [3.05, 3.63) is 118 Å². The quantitative estimate of drug-likeness (QED) is 0.262. The van der Waals surface area contributed by atoms with Crippen molar-refractivity contribution in [2.75, 3.05) is 0 Å². The Hall–Kier alpha value is -4.99. The van der Waals surface area contributed by atoms with Gasteiger partial charge in [0.05, 0.1) is 25.5 Å². The molecule has 9 nitrogen and oxygen atoms in total. The zero-order chi connectivity index (χ0) is 27.9. The summed E-state index contributed by atoms with van der Waals surface area (Å²) in [5.74, 6) is -3.45. The minimum absolute atomic E-state index is 0.131. The fourth-order valence-electron chi connectivity index (χ4n) is 3.28. The minimum atomic E-state index is -1.04. The van der Waals surface area contributed by atoms with E-state index < -0.39 is 29.9 Å². The predicted octanol–water partition coefficient (Wildman–Crippen LogP) is 4.81. The average Bonchev–Trinajstić information content (AvgIpc) is 2.93. The summed E-state index contributed by atoms with van der Waals surface area (Å²) in [5, 5.41) is 17.9. The number of hydrogen-bond acceptors (Lipinski definition) is 5. The van der Waals surface area contributed by atoms with Gasteiger partial charge in [-0.15, -0.1) is 0 Å². The van der Waals surface area contributed by atoms with Crippen LogP contribution < -0.4 is 5.73 Å². The molecule has 3 aromatic rings. The standard InChI is InChI=1S/C19H17NO4.C10H10N2O2/c1-20-17-9-7-14(8-10-17)11-16(19(22)23)12-18(21)24-13-15-5-3-2-4-6-15;1-12-8-4-2-7(3-5-8)6-9(11)10(13)14/h2-10,16H,11-13H2,(H,22,23);2-5,9H,6,11H2,(H,13,14)/t16-;9-/m10/s1. The summed E-state index contributed by atoms with van der Waals surface area (Å²) in [4.78, 5) is 40.2. The van der Waals surface area contributed by atoms with Crippen LogP contribution in [0, 0.1) is 19.1 Å². The molecule has 194 valence electrons. The van der Waals surface area contributed by atoms with E-state index in [-0.39, 0.29) is 25.9 Å². The van der Waals surface area contributed by atoms with Crippen LogP contribution >= 0.6 is 0 Å². The lowest BCUT2D eigenvalue weighted by Crippen LogP contribution is -2.32. The van der Waals surface area contributed by atoms with Crippen LogP contribution in [0.5, 0.6) is 0 Å². The maximum absolute atomic E-state index is 11.9. The number of benzene rings is 3. The van der Waals surface area contributed by atoms with E-state index in [0.29, 0.717) is 11.4 Å². The fraction of sp³-hybridized carbons (Fsp3) is 0.207. The number of esters is 1. The third-order valence-electron chi connectivity index (χ3n) is 5.39. The Kier molecular flexibility index (Phi) is 11.7. The van der Waals surface area contributed by atoms with Gasteiger partial charge >= 0.3 is 17.9 Å². The molecule has 0 fully saturated rings. The highest BCUT2D eigenvalue weighted by Crippen LogP contribution is 2.18. The van der Waals surface area contributed by atoms with Crippen LogP contribution in [0.2, 0.25) is 0 Å². The first kappa shape index (κ1) is 29.2. The van der Waals surface area contributed by atoms with Crippen molar-refractivity contribution in [3.8, 4) is 0 Å². The molecule has 0 aromatic heterocycles. The second-order valence-electron chi connectivity index (χ2n) is 8.30. The van der Waals surface area contributed by atoms with Gasteiger partial charge in [0, 0.05) is 0 Å². The summed E-state index contributed by atoms with van der Waals surface area (Å²) < 4.78 is 5.14. The monoisotopic (exact) mass is 513 g/mol. The Morgan fingerprint density at radius 2 is 1.24 bits per heavy atom. The zero-order valence-electron chi connectivity index (χ0n) is 20.5. The highest BCUT2D eigenvalue weighted by Gasteiger charge is 2.22. The van der Waals surface area contributed by atoms with Crippen LogP contribution in [0.3, 0.4) is 0 Å². The Balaban J connectivity index is 0.000000308. The van der Waals surface area contributed by atoms with Crippen LogP contribution in [0.25, 0.3) is 9.69 Å². The van der Waals surface area contributed by atoms with E-state index in [2.05, 4.69) is 9.69 Å². The molecule has 3 rings (SSSR count). The Morgan fingerprint density at radius 1 is 0.737 bits per heavy atom. The SMILES string of the molecule is [C-]#[N+]c1ccc(C[C@H](CC(=O)OCc2ccccc2)C(=O)O)cc1.[C-]#[N+]c1ccc(C[C@H](N)C(=O)O)cc1. The molecule has 0 spiro atoms. The lowest BCUT2D eigenvalue weighted by molar-refractivity contribution is -0.152. The van der Waals surface area contributed by atoms with E-state index >= 15 is 0 Å². The first-order chi connectivity index (χ1) is 18.2. The van der Waals surface area contributed by atoms with Crippen molar-refractivity contribution >= 4 is 29.3 Å². The first-order valence-electron chi connectivity index (χ1n) is 11.5. The molecule has 0 radical (unpaired) electrons. The topological polar surface area (TPSA) is 136 Å². The van der Waals surface area contributed by atoms with Gasteiger partial charge in [0.2, 0.25) is 0 Å². The lowest BCUT2D eigenvalue weighted by atomic mass is 9.96.